The van der Waals surface area contributed by atoms with Crippen molar-refractivity contribution in [1.82, 2.24) is 19.9 Å². The van der Waals surface area contributed by atoms with Crippen molar-refractivity contribution < 1.29 is 9.32 Å². The topological polar surface area (TPSA) is 62.5 Å². The Labute approximate surface area is 162 Å². The molecule has 0 spiro atoms. The molecule has 4 rings (SSSR count). The number of likely N-dealkylation sites (tertiary alicyclic amines) is 2. The lowest BCUT2D eigenvalue weighted by molar-refractivity contribution is -0.136. The summed E-state index contributed by atoms with van der Waals surface area (Å²) in [6.07, 6.45) is 10.9. The second-order valence-electron chi connectivity index (χ2n) is 8.76. The van der Waals surface area contributed by atoms with Gasteiger partial charge in [-0.2, -0.15) is 4.98 Å². The molecule has 1 unspecified atom stereocenters. The Balaban J connectivity index is 1.32. The summed E-state index contributed by atoms with van der Waals surface area (Å²) in [6, 6.07) is 0.441. The van der Waals surface area contributed by atoms with E-state index in [0.29, 0.717) is 24.3 Å². The third-order valence-corrected chi connectivity index (χ3v) is 6.76. The predicted octanol–water partition coefficient (Wildman–Crippen LogP) is 3.38. The van der Waals surface area contributed by atoms with Crippen molar-refractivity contribution in [2.45, 2.75) is 83.1 Å². The normalized spacial score (nSPS) is 26.2. The van der Waals surface area contributed by atoms with E-state index in [1.54, 1.807) is 0 Å². The minimum absolute atomic E-state index is 0.218. The summed E-state index contributed by atoms with van der Waals surface area (Å²) in [5, 5.41) is 4.28. The Bertz CT molecular complexity index is 617. The maximum Gasteiger partial charge on any atom is 0.231 e. The highest BCUT2D eigenvalue weighted by Gasteiger charge is 2.35. The minimum Gasteiger partial charge on any atom is -0.339 e. The Morgan fingerprint density at radius 3 is 2.63 bits per heavy atom. The maximum atomic E-state index is 12.4. The van der Waals surface area contributed by atoms with E-state index < -0.39 is 0 Å². The Kier molecular flexibility index (Phi) is 6.11. The van der Waals surface area contributed by atoms with Crippen molar-refractivity contribution in [3.8, 4) is 0 Å². The van der Waals surface area contributed by atoms with Crippen LogP contribution >= 0.6 is 0 Å². The first-order valence-electron chi connectivity index (χ1n) is 11.1. The van der Waals surface area contributed by atoms with E-state index in [1.165, 1.54) is 51.7 Å². The maximum absolute atomic E-state index is 12.4. The number of carbonyl (C=O) groups is 1. The molecule has 3 heterocycles. The molecule has 0 aromatic carbocycles. The molecule has 0 N–H and O–H groups in total. The van der Waals surface area contributed by atoms with Crippen molar-refractivity contribution in [3.63, 3.8) is 0 Å². The lowest BCUT2D eigenvalue weighted by Crippen LogP contribution is -2.44. The molecule has 2 aliphatic heterocycles. The molecule has 3 aliphatic rings. The van der Waals surface area contributed by atoms with E-state index in [1.807, 2.05) is 0 Å². The van der Waals surface area contributed by atoms with E-state index in [9.17, 15) is 4.79 Å². The van der Waals surface area contributed by atoms with Gasteiger partial charge < -0.3 is 14.3 Å². The quantitative estimate of drug-likeness (QED) is 0.764. The monoisotopic (exact) mass is 374 g/mol. The summed E-state index contributed by atoms with van der Waals surface area (Å²) in [6.45, 7) is 6.63. The van der Waals surface area contributed by atoms with Gasteiger partial charge in [0.05, 0.1) is 5.92 Å². The van der Waals surface area contributed by atoms with Gasteiger partial charge in [0.2, 0.25) is 11.8 Å². The van der Waals surface area contributed by atoms with Crippen LogP contribution in [0.4, 0.5) is 0 Å². The third-order valence-electron chi connectivity index (χ3n) is 6.76. The molecule has 1 aromatic rings. The molecule has 1 saturated carbocycles. The number of piperidine rings is 2. The smallest absolute Gasteiger partial charge is 0.231 e. The largest absolute Gasteiger partial charge is 0.339 e. The number of hydrogen-bond donors (Lipinski definition) is 0. The summed E-state index contributed by atoms with van der Waals surface area (Å²) in [5.41, 5.74) is 0. The molecular weight excluding hydrogens is 340 g/mol. The van der Waals surface area contributed by atoms with Crippen LogP contribution in [0.5, 0.6) is 0 Å². The SMILES string of the molecule is CCCN1CCC(Cc2noc(C3CCC(=O)N(C4CCCC4)C3)n2)CC1. The van der Waals surface area contributed by atoms with Crippen molar-refractivity contribution >= 4 is 5.91 Å². The molecule has 1 atom stereocenters. The highest BCUT2D eigenvalue weighted by molar-refractivity contribution is 5.77. The van der Waals surface area contributed by atoms with Gasteiger partial charge in [0.15, 0.2) is 5.82 Å². The third kappa shape index (κ3) is 4.53. The number of rotatable bonds is 6. The average Bonchev–Trinajstić information content (AvgIpc) is 3.36. The zero-order valence-corrected chi connectivity index (χ0v) is 16.7. The summed E-state index contributed by atoms with van der Waals surface area (Å²) in [7, 11) is 0. The molecule has 2 saturated heterocycles. The van der Waals surface area contributed by atoms with E-state index in [4.69, 9.17) is 9.51 Å². The molecule has 150 valence electrons. The molecule has 6 nitrogen and oxygen atoms in total. The van der Waals surface area contributed by atoms with E-state index in [0.717, 1.165) is 43.9 Å². The van der Waals surface area contributed by atoms with E-state index in [2.05, 4.69) is 21.9 Å². The van der Waals surface area contributed by atoms with Crippen LogP contribution < -0.4 is 0 Å². The second-order valence-corrected chi connectivity index (χ2v) is 8.76. The first kappa shape index (κ1) is 18.9. The zero-order chi connectivity index (χ0) is 18.6. The number of aromatic nitrogens is 2. The zero-order valence-electron chi connectivity index (χ0n) is 16.7. The van der Waals surface area contributed by atoms with E-state index in [-0.39, 0.29) is 5.92 Å². The van der Waals surface area contributed by atoms with Gasteiger partial charge >= 0.3 is 0 Å². The Morgan fingerprint density at radius 2 is 1.89 bits per heavy atom. The summed E-state index contributed by atoms with van der Waals surface area (Å²) < 4.78 is 5.64. The van der Waals surface area contributed by atoms with Gasteiger partial charge in [0, 0.05) is 25.4 Å². The predicted molar refractivity (Wildman–Crippen MR) is 103 cm³/mol. The molecule has 0 radical (unpaired) electrons. The van der Waals surface area contributed by atoms with Gasteiger partial charge in [-0.05, 0) is 64.1 Å². The second kappa shape index (κ2) is 8.72. The summed E-state index contributed by atoms with van der Waals surface area (Å²) >= 11 is 0. The fraction of sp³-hybridized carbons (Fsp3) is 0.857. The Morgan fingerprint density at radius 1 is 1.11 bits per heavy atom. The first-order valence-corrected chi connectivity index (χ1v) is 11.1. The molecule has 1 aromatic heterocycles. The fourth-order valence-corrected chi connectivity index (χ4v) is 5.15. The van der Waals surface area contributed by atoms with Gasteiger partial charge in [-0.3, -0.25) is 4.79 Å². The van der Waals surface area contributed by atoms with Crippen LogP contribution in [0.25, 0.3) is 0 Å². The van der Waals surface area contributed by atoms with Gasteiger partial charge in [-0.25, -0.2) is 0 Å². The van der Waals surface area contributed by atoms with Crippen LogP contribution in [0.2, 0.25) is 0 Å². The molecule has 27 heavy (non-hydrogen) atoms. The van der Waals surface area contributed by atoms with Gasteiger partial charge in [0.25, 0.3) is 0 Å². The van der Waals surface area contributed by atoms with Gasteiger partial charge in [-0.1, -0.05) is 24.9 Å². The molecule has 0 bridgehead atoms. The van der Waals surface area contributed by atoms with Gasteiger partial charge in [-0.15, -0.1) is 0 Å². The Hall–Kier alpha value is -1.43. The van der Waals surface area contributed by atoms with E-state index >= 15 is 0 Å². The molecule has 6 heteroatoms. The number of carbonyl (C=O) groups excluding carboxylic acids is 1. The molecule has 3 fully saturated rings. The van der Waals surface area contributed by atoms with Crippen LogP contribution in [-0.4, -0.2) is 58.1 Å². The fourth-order valence-electron chi connectivity index (χ4n) is 5.15. The van der Waals surface area contributed by atoms with Crippen LogP contribution in [0, 0.1) is 5.92 Å². The van der Waals surface area contributed by atoms with Crippen molar-refractivity contribution in [1.29, 1.82) is 0 Å². The number of hydrogen-bond acceptors (Lipinski definition) is 5. The highest BCUT2D eigenvalue weighted by Crippen LogP contribution is 2.32. The lowest BCUT2D eigenvalue weighted by atomic mass is 9.93. The van der Waals surface area contributed by atoms with Crippen LogP contribution in [0.3, 0.4) is 0 Å². The van der Waals surface area contributed by atoms with Crippen molar-refractivity contribution in [3.05, 3.63) is 11.7 Å². The summed E-state index contributed by atoms with van der Waals surface area (Å²) in [5.74, 6) is 2.83. The summed E-state index contributed by atoms with van der Waals surface area (Å²) in [4.78, 5) is 21.8. The van der Waals surface area contributed by atoms with Crippen LogP contribution in [0.15, 0.2) is 4.52 Å². The van der Waals surface area contributed by atoms with Crippen molar-refractivity contribution in [2.75, 3.05) is 26.2 Å². The average molecular weight is 375 g/mol. The lowest BCUT2D eigenvalue weighted by Gasteiger charge is -2.35. The van der Waals surface area contributed by atoms with Gasteiger partial charge in [0.1, 0.15) is 0 Å². The molecule has 1 amide bonds. The number of amides is 1. The molecule has 1 aliphatic carbocycles. The first-order chi connectivity index (χ1) is 13.2. The molecular formula is C21H34N4O2. The van der Waals surface area contributed by atoms with Crippen molar-refractivity contribution in [2.24, 2.45) is 5.92 Å². The minimum atomic E-state index is 0.218. The van der Waals surface area contributed by atoms with Crippen LogP contribution in [0.1, 0.15) is 82.3 Å². The standard InChI is InChI=1S/C21H34N4O2/c1-2-11-24-12-9-16(10-13-24)14-19-22-21(27-23-19)17-7-8-20(26)25(15-17)18-5-3-4-6-18/h16-18H,2-15H2,1H3. The van der Waals surface area contributed by atoms with Crippen LogP contribution in [-0.2, 0) is 11.2 Å². The highest BCUT2D eigenvalue weighted by atomic mass is 16.5. The number of nitrogens with zero attached hydrogens (tertiary/aromatic N) is 4.